The quantitative estimate of drug-likeness (QED) is 0.788. The molecule has 1 aromatic heterocycles. The van der Waals surface area contributed by atoms with Gasteiger partial charge in [-0.25, -0.2) is 13.8 Å². The molecule has 1 amide bonds. The predicted octanol–water partition coefficient (Wildman–Crippen LogP) is 3.61. The fraction of sp³-hybridized carbons (Fsp3) is 0.263. The number of hydrogen-bond donors (Lipinski definition) is 1. The third-order valence-electron chi connectivity index (χ3n) is 4.52. The van der Waals surface area contributed by atoms with E-state index in [9.17, 15) is 13.6 Å². The van der Waals surface area contributed by atoms with Crippen LogP contribution in [0.3, 0.4) is 0 Å². The van der Waals surface area contributed by atoms with Gasteiger partial charge in [-0.05, 0) is 29.8 Å². The van der Waals surface area contributed by atoms with Gasteiger partial charge in [0.25, 0.3) is 11.8 Å². The van der Waals surface area contributed by atoms with Crippen molar-refractivity contribution in [1.82, 2.24) is 14.9 Å². The van der Waals surface area contributed by atoms with Crippen molar-refractivity contribution < 1.29 is 13.6 Å². The molecule has 1 aliphatic rings. The first-order chi connectivity index (χ1) is 12.0. The van der Waals surface area contributed by atoms with Crippen molar-refractivity contribution in [2.75, 3.05) is 0 Å². The number of fused-ring (bicyclic) bond motifs is 1. The van der Waals surface area contributed by atoms with Crippen LogP contribution in [0.25, 0.3) is 11.0 Å². The fourth-order valence-corrected chi connectivity index (χ4v) is 3.13. The van der Waals surface area contributed by atoms with E-state index in [-0.39, 0.29) is 18.7 Å². The lowest BCUT2D eigenvalue weighted by Crippen LogP contribution is -2.50. The minimum Gasteiger partial charge on any atom is -0.349 e. The molecule has 1 N–H and O–H groups in total. The van der Waals surface area contributed by atoms with E-state index in [1.165, 1.54) is 0 Å². The second-order valence-electron chi connectivity index (χ2n) is 6.49. The van der Waals surface area contributed by atoms with Crippen LogP contribution in [0.5, 0.6) is 0 Å². The van der Waals surface area contributed by atoms with Gasteiger partial charge in [-0.2, -0.15) is 0 Å². The Bertz CT molecular complexity index is 910. The number of halogens is 2. The van der Waals surface area contributed by atoms with Gasteiger partial charge in [-0.3, -0.25) is 4.79 Å². The van der Waals surface area contributed by atoms with Gasteiger partial charge in [0.2, 0.25) is 0 Å². The molecule has 0 radical (unpaired) electrons. The van der Waals surface area contributed by atoms with E-state index >= 15 is 0 Å². The molecule has 4 nitrogen and oxygen atoms in total. The molecule has 2 aromatic carbocycles. The summed E-state index contributed by atoms with van der Waals surface area (Å²) in [6, 6.07) is 14.7. The summed E-state index contributed by atoms with van der Waals surface area (Å²) in [5.74, 6) is -2.94. The number of imidazole rings is 1. The highest BCUT2D eigenvalue weighted by molar-refractivity contribution is 5.94. The molecule has 25 heavy (non-hydrogen) atoms. The number of rotatable bonds is 4. The third-order valence-corrected chi connectivity index (χ3v) is 4.52. The lowest BCUT2D eigenvalue weighted by molar-refractivity contribution is -0.0901. The van der Waals surface area contributed by atoms with Gasteiger partial charge in [-0.15, -0.1) is 0 Å². The zero-order valence-electron chi connectivity index (χ0n) is 13.5. The molecule has 1 aliphatic carbocycles. The molecule has 0 saturated heterocycles. The Morgan fingerprint density at radius 2 is 1.88 bits per heavy atom. The smallest absolute Gasteiger partial charge is 0.252 e. The Morgan fingerprint density at radius 3 is 2.60 bits per heavy atom. The number of nitrogens with zero attached hydrogens (tertiary/aromatic N) is 2. The van der Waals surface area contributed by atoms with Crippen LogP contribution in [0.15, 0.2) is 54.9 Å². The fourth-order valence-electron chi connectivity index (χ4n) is 3.13. The van der Waals surface area contributed by atoms with Crippen LogP contribution in [0.1, 0.15) is 28.8 Å². The highest BCUT2D eigenvalue weighted by Crippen LogP contribution is 2.37. The first-order valence-corrected chi connectivity index (χ1v) is 8.18. The van der Waals surface area contributed by atoms with Crippen molar-refractivity contribution >= 4 is 16.9 Å². The third kappa shape index (κ3) is 3.24. The summed E-state index contributed by atoms with van der Waals surface area (Å²) in [5, 5.41) is 2.64. The molecule has 1 saturated carbocycles. The molecule has 0 aliphatic heterocycles. The summed E-state index contributed by atoms with van der Waals surface area (Å²) in [6.45, 7) is 0.650. The number of alkyl halides is 2. The minimum atomic E-state index is -2.63. The second kappa shape index (κ2) is 5.95. The van der Waals surface area contributed by atoms with E-state index in [4.69, 9.17) is 0 Å². The zero-order valence-corrected chi connectivity index (χ0v) is 13.5. The van der Waals surface area contributed by atoms with Gasteiger partial charge in [0.05, 0.1) is 17.4 Å². The van der Waals surface area contributed by atoms with E-state index in [1.807, 2.05) is 41.0 Å². The number of aromatic nitrogens is 2. The topological polar surface area (TPSA) is 46.9 Å². The summed E-state index contributed by atoms with van der Waals surface area (Å²) in [6.07, 6.45) is 1.25. The number of benzene rings is 2. The van der Waals surface area contributed by atoms with Crippen molar-refractivity contribution in [2.45, 2.75) is 31.4 Å². The largest absolute Gasteiger partial charge is 0.349 e. The molecule has 1 fully saturated rings. The zero-order chi connectivity index (χ0) is 17.4. The van der Waals surface area contributed by atoms with E-state index in [1.54, 1.807) is 18.5 Å². The Labute approximate surface area is 143 Å². The number of amides is 1. The van der Waals surface area contributed by atoms with E-state index in [0.717, 1.165) is 16.6 Å². The second-order valence-corrected chi connectivity index (χ2v) is 6.49. The average molecular weight is 341 g/mol. The van der Waals surface area contributed by atoms with Crippen molar-refractivity contribution in [1.29, 1.82) is 0 Å². The molecule has 0 spiro atoms. The van der Waals surface area contributed by atoms with Crippen molar-refractivity contribution in [3.63, 3.8) is 0 Å². The van der Waals surface area contributed by atoms with Gasteiger partial charge in [0.1, 0.15) is 0 Å². The molecule has 0 atom stereocenters. The average Bonchev–Trinajstić information content (AvgIpc) is 2.97. The van der Waals surface area contributed by atoms with Gasteiger partial charge >= 0.3 is 0 Å². The summed E-state index contributed by atoms with van der Waals surface area (Å²) in [7, 11) is 0. The van der Waals surface area contributed by atoms with Crippen LogP contribution in [0, 0.1) is 0 Å². The summed E-state index contributed by atoms with van der Waals surface area (Å²) in [4.78, 5) is 16.4. The number of hydrogen-bond acceptors (Lipinski definition) is 2. The van der Waals surface area contributed by atoms with Gasteiger partial charge in [-0.1, -0.05) is 24.3 Å². The molecular weight excluding hydrogens is 324 g/mol. The highest BCUT2D eigenvalue weighted by atomic mass is 19.3. The SMILES string of the molecule is O=C(NC1CC(F)(F)C1)c1ccc(Cn2cnc3ccccc32)cc1. The Balaban J connectivity index is 1.42. The molecular formula is C19H17F2N3O. The standard InChI is InChI=1S/C19H17F2N3O/c20-19(21)9-15(10-19)23-18(25)14-7-5-13(6-8-14)11-24-12-22-16-3-1-2-4-17(16)24/h1-8,12,15H,9-11H2,(H,23,25). The van der Waals surface area contributed by atoms with E-state index < -0.39 is 12.0 Å². The number of nitrogens with one attached hydrogen (secondary N) is 1. The number of para-hydroxylation sites is 2. The van der Waals surface area contributed by atoms with Crippen molar-refractivity contribution in [3.8, 4) is 0 Å². The molecule has 4 rings (SSSR count). The Morgan fingerprint density at radius 1 is 1.16 bits per heavy atom. The van der Waals surface area contributed by atoms with Gasteiger partial charge in [0, 0.05) is 31.0 Å². The van der Waals surface area contributed by atoms with Crippen LogP contribution in [0.4, 0.5) is 8.78 Å². The summed E-state index contributed by atoms with van der Waals surface area (Å²) in [5.41, 5.74) is 3.51. The van der Waals surface area contributed by atoms with Gasteiger partial charge in [0.15, 0.2) is 0 Å². The van der Waals surface area contributed by atoms with E-state index in [2.05, 4.69) is 10.3 Å². The monoisotopic (exact) mass is 341 g/mol. The summed E-state index contributed by atoms with van der Waals surface area (Å²) < 4.78 is 27.7. The van der Waals surface area contributed by atoms with Crippen LogP contribution >= 0.6 is 0 Å². The molecule has 1 heterocycles. The minimum absolute atomic E-state index is 0.273. The Hall–Kier alpha value is -2.76. The lowest BCUT2D eigenvalue weighted by atomic mass is 9.88. The number of carbonyl (C=O) groups excluding carboxylic acids is 1. The number of carbonyl (C=O) groups is 1. The molecule has 128 valence electrons. The van der Waals surface area contributed by atoms with Crippen molar-refractivity contribution in [3.05, 3.63) is 66.0 Å². The normalized spacial score (nSPS) is 16.6. The maximum absolute atomic E-state index is 12.8. The van der Waals surface area contributed by atoms with Crippen LogP contribution in [-0.4, -0.2) is 27.4 Å². The van der Waals surface area contributed by atoms with Crippen LogP contribution in [-0.2, 0) is 6.54 Å². The first kappa shape index (κ1) is 15.7. The van der Waals surface area contributed by atoms with E-state index in [0.29, 0.717) is 12.1 Å². The molecule has 0 bridgehead atoms. The highest BCUT2D eigenvalue weighted by Gasteiger charge is 2.45. The lowest BCUT2D eigenvalue weighted by Gasteiger charge is -2.35. The maximum Gasteiger partial charge on any atom is 0.252 e. The van der Waals surface area contributed by atoms with Gasteiger partial charge < -0.3 is 9.88 Å². The maximum atomic E-state index is 12.8. The van der Waals surface area contributed by atoms with Crippen LogP contribution < -0.4 is 5.32 Å². The molecule has 3 aromatic rings. The molecule has 0 unspecified atom stereocenters. The first-order valence-electron chi connectivity index (χ1n) is 8.18. The van der Waals surface area contributed by atoms with Crippen LogP contribution in [0.2, 0.25) is 0 Å². The summed E-state index contributed by atoms with van der Waals surface area (Å²) >= 11 is 0. The van der Waals surface area contributed by atoms with Crippen molar-refractivity contribution in [2.24, 2.45) is 0 Å². The Kier molecular flexibility index (Phi) is 3.75. The predicted molar refractivity (Wildman–Crippen MR) is 90.7 cm³/mol. The molecule has 6 heteroatoms.